The molecule has 0 aromatic rings. The van der Waals surface area contributed by atoms with E-state index in [9.17, 15) is 9.59 Å². The summed E-state index contributed by atoms with van der Waals surface area (Å²) in [4.78, 5) is 20.3. The fourth-order valence-electron chi connectivity index (χ4n) is 2.54. The van der Waals surface area contributed by atoms with E-state index in [0.29, 0.717) is 6.42 Å². The highest BCUT2D eigenvalue weighted by molar-refractivity contribution is 5.66. The fourth-order valence-corrected chi connectivity index (χ4v) is 2.54. The van der Waals surface area contributed by atoms with Crippen LogP contribution < -0.4 is 0 Å². The van der Waals surface area contributed by atoms with Crippen molar-refractivity contribution in [2.24, 2.45) is 0 Å². The third-order valence-electron chi connectivity index (χ3n) is 4.10. The highest BCUT2D eigenvalue weighted by Crippen LogP contribution is 2.09. The first kappa shape index (κ1) is 27.1. The zero-order chi connectivity index (χ0) is 20.0. The summed E-state index contributed by atoms with van der Waals surface area (Å²) in [5.74, 6) is -1.48. The molecule has 6 heteroatoms. The maximum absolute atomic E-state index is 10.1. The molecule has 6 nitrogen and oxygen atoms in total. The van der Waals surface area contributed by atoms with Gasteiger partial charge in [-0.25, -0.2) is 0 Å². The molecule has 0 aromatic heterocycles. The lowest BCUT2D eigenvalue weighted by Gasteiger charge is -2.02. The first-order chi connectivity index (χ1) is 12.4. The Hall–Kier alpha value is -1.14. The van der Waals surface area contributed by atoms with E-state index in [0.717, 1.165) is 51.4 Å². The summed E-state index contributed by atoms with van der Waals surface area (Å²) in [7, 11) is 0. The number of rotatable bonds is 17. The lowest BCUT2D eigenvalue weighted by molar-refractivity contribution is -0.138. The number of carboxylic acid groups (broad SMARTS) is 2. The summed E-state index contributed by atoms with van der Waals surface area (Å²) in [6.07, 6.45) is 13.9. The van der Waals surface area contributed by atoms with Crippen LogP contribution in [0.2, 0.25) is 0 Å². The Morgan fingerprint density at radius 2 is 0.962 bits per heavy atom. The second kappa shape index (κ2) is 21.9. The summed E-state index contributed by atoms with van der Waals surface area (Å²) < 4.78 is 0. The smallest absolute Gasteiger partial charge is 0.303 e. The van der Waals surface area contributed by atoms with Gasteiger partial charge in [-0.15, -0.1) is 0 Å². The van der Waals surface area contributed by atoms with Gasteiger partial charge < -0.3 is 20.4 Å². The minimum absolute atomic E-state index is 0.245. The molecule has 0 amide bonds. The number of unbranched alkanes of at least 4 members (excludes halogenated alkanes) is 11. The van der Waals surface area contributed by atoms with Gasteiger partial charge in [-0.05, 0) is 25.7 Å². The maximum Gasteiger partial charge on any atom is 0.303 e. The zero-order valence-electron chi connectivity index (χ0n) is 16.5. The molecule has 26 heavy (non-hydrogen) atoms. The fraction of sp³-hybridized carbons (Fsp3) is 0.900. The average Bonchev–Trinajstić information content (AvgIpc) is 2.56. The second-order valence-corrected chi connectivity index (χ2v) is 6.80. The average molecular weight is 377 g/mol. The van der Waals surface area contributed by atoms with Gasteiger partial charge in [0.25, 0.3) is 0 Å². The van der Waals surface area contributed by atoms with E-state index in [1.54, 1.807) is 0 Å². The van der Waals surface area contributed by atoms with Gasteiger partial charge in [-0.2, -0.15) is 0 Å². The van der Waals surface area contributed by atoms with Gasteiger partial charge in [-0.1, -0.05) is 71.1 Å². The van der Waals surface area contributed by atoms with Crippen molar-refractivity contribution in [1.82, 2.24) is 0 Å². The molecule has 4 N–H and O–H groups in total. The molecule has 0 aliphatic heterocycles. The van der Waals surface area contributed by atoms with Crippen molar-refractivity contribution in [3.63, 3.8) is 0 Å². The largest absolute Gasteiger partial charge is 0.481 e. The van der Waals surface area contributed by atoms with Gasteiger partial charge in [-0.3, -0.25) is 9.59 Å². The third kappa shape index (κ3) is 30.7. The van der Waals surface area contributed by atoms with Crippen LogP contribution in [0.4, 0.5) is 0 Å². The van der Waals surface area contributed by atoms with Crippen LogP contribution in [0.5, 0.6) is 0 Å². The summed E-state index contributed by atoms with van der Waals surface area (Å²) in [6.45, 7) is 2.21. The van der Waals surface area contributed by atoms with Gasteiger partial charge in [0.2, 0.25) is 0 Å². The molecule has 0 rings (SSSR count). The zero-order valence-corrected chi connectivity index (χ0v) is 16.5. The molecule has 0 heterocycles. The molecule has 0 unspecified atom stereocenters. The van der Waals surface area contributed by atoms with Gasteiger partial charge in [0.15, 0.2) is 6.29 Å². The van der Waals surface area contributed by atoms with Crippen LogP contribution in [0.1, 0.15) is 110 Å². The third-order valence-corrected chi connectivity index (χ3v) is 4.10. The molecule has 156 valence electrons. The number of hydrogen-bond donors (Lipinski definition) is 4. The van der Waals surface area contributed by atoms with E-state index in [4.69, 9.17) is 20.4 Å². The van der Waals surface area contributed by atoms with Crippen molar-refractivity contribution in [3.8, 4) is 0 Å². The van der Waals surface area contributed by atoms with Crippen molar-refractivity contribution in [2.75, 3.05) is 0 Å². The molecule has 0 bridgehead atoms. The Labute approximate surface area is 158 Å². The van der Waals surface area contributed by atoms with Gasteiger partial charge in [0.1, 0.15) is 0 Å². The predicted octanol–water partition coefficient (Wildman–Crippen LogP) is 4.71. The van der Waals surface area contributed by atoms with Crippen molar-refractivity contribution in [3.05, 3.63) is 0 Å². The molecule has 0 fully saturated rings. The van der Waals surface area contributed by atoms with Crippen LogP contribution in [0.25, 0.3) is 0 Å². The van der Waals surface area contributed by atoms with Crippen molar-refractivity contribution >= 4 is 11.9 Å². The Kier molecular flexibility index (Phi) is 22.8. The number of aliphatic hydroxyl groups is 2. The van der Waals surface area contributed by atoms with E-state index in [1.807, 2.05) is 0 Å². The second-order valence-electron chi connectivity index (χ2n) is 6.80. The normalized spacial score (nSPS) is 10.5. The van der Waals surface area contributed by atoms with Gasteiger partial charge >= 0.3 is 11.9 Å². The summed E-state index contributed by atoms with van der Waals surface area (Å²) in [5.41, 5.74) is 0. The monoisotopic (exact) mass is 376 g/mol. The van der Waals surface area contributed by atoms with Crippen LogP contribution in [-0.4, -0.2) is 38.7 Å². The van der Waals surface area contributed by atoms with E-state index in [-0.39, 0.29) is 12.8 Å². The van der Waals surface area contributed by atoms with E-state index in [1.165, 1.54) is 32.1 Å². The van der Waals surface area contributed by atoms with Crippen LogP contribution in [0, 0.1) is 0 Å². The molecule has 0 atom stereocenters. The molecule has 0 radical (unpaired) electrons. The van der Waals surface area contributed by atoms with E-state index >= 15 is 0 Å². The minimum Gasteiger partial charge on any atom is -0.481 e. The highest BCUT2D eigenvalue weighted by Gasteiger charge is 1.98. The lowest BCUT2D eigenvalue weighted by atomic mass is 10.1. The number of aliphatic carboxylic acids is 2. The molecule has 0 saturated carbocycles. The topological polar surface area (TPSA) is 115 Å². The molecular formula is C20H40O6. The van der Waals surface area contributed by atoms with Crippen LogP contribution >= 0.6 is 0 Å². The van der Waals surface area contributed by atoms with Crippen molar-refractivity contribution in [2.45, 2.75) is 116 Å². The number of carboxylic acids is 2. The Morgan fingerprint density at radius 3 is 1.31 bits per heavy atom. The maximum atomic E-state index is 10.1. The summed E-state index contributed by atoms with van der Waals surface area (Å²) in [5, 5.41) is 33.8. The number of carbonyl (C=O) groups is 2. The highest BCUT2D eigenvalue weighted by atomic mass is 16.5. The van der Waals surface area contributed by atoms with E-state index in [2.05, 4.69) is 6.92 Å². The molecular weight excluding hydrogens is 336 g/mol. The molecule has 0 aliphatic carbocycles. The van der Waals surface area contributed by atoms with Crippen LogP contribution in [0.3, 0.4) is 0 Å². The summed E-state index contributed by atoms with van der Waals surface area (Å²) in [6, 6.07) is 0. The first-order valence-corrected chi connectivity index (χ1v) is 10.2. The van der Waals surface area contributed by atoms with Gasteiger partial charge in [0, 0.05) is 12.8 Å². The van der Waals surface area contributed by atoms with Gasteiger partial charge in [0.05, 0.1) is 0 Å². The Balaban J connectivity index is 0. The van der Waals surface area contributed by atoms with E-state index < -0.39 is 18.2 Å². The van der Waals surface area contributed by atoms with Crippen LogP contribution in [-0.2, 0) is 9.59 Å². The van der Waals surface area contributed by atoms with Crippen LogP contribution in [0.15, 0.2) is 0 Å². The molecule has 0 saturated heterocycles. The molecule has 0 aromatic carbocycles. The lowest BCUT2D eigenvalue weighted by Crippen LogP contribution is -2.02. The number of aliphatic hydroxyl groups excluding tert-OH is 1. The SMILES string of the molecule is CCCCCCCCCC(O)O.O=C(O)CCCCCCCCC(=O)O. The quantitative estimate of drug-likeness (QED) is 0.216. The summed E-state index contributed by atoms with van der Waals surface area (Å²) >= 11 is 0. The van der Waals surface area contributed by atoms with Crippen molar-refractivity contribution in [1.29, 1.82) is 0 Å². The standard InChI is InChI=1S/C10H18O4.C10H22O2/c11-9(12)7-5-3-1-2-4-6-8-10(13)14;1-2-3-4-5-6-7-8-9-10(11)12/h1-8H2,(H,11,12)(H,13,14);10-12H,2-9H2,1H3. The predicted molar refractivity (Wildman–Crippen MR) is 103 cm³/mol. The Morgan fingerprint density at radius 1 is 0.615 bits per heavy atom. The van der Waals surface area contributed by atoms with Crippen molar-refractivity contribution < 1.29 is 30.0 Å². The number of hydrogen-bond acceptors (Lipinski definition) is 4. The first-order valence-electron chi connectivity index (χ1n) is 10.2. The Bertz CT molecular complexity index is 297. The molecule has 0 spiro atoms. The molecule has 0 aliphatic rings. The minimum atomic E-state index is -1.10.